The molecule has 0 N–H and O–H groups in total. The zero-order valence-electron chi connectivity index (χ0n) is 7.47. The van der Waals surface area contributed by atoms with Crippen LogP contribution in [0.3, 0.4) is 0 Å². The van der Waals surface area contributed by atoms with Crippen molar-refractivity contribution in [3.8, 4) is 0 Å². The Labute approximate surface area is 69.4 Å². The van der Waals surface area contributed by atoms with Crippen molar-refractivity contribution >= 4 is 0 Å². The van der Waals surface area contributed by atoms with Crippen LogP contribution in [0.5, 0.6) is 0 Å². The van der Waals surface area contributed by atoms with Crippen LogP contribution in [0.1, 0.15) is 45.4 Å². The summed E-state index contributed by atoms with van der Waals surface area (Å²) < 4.78 is 0. The summed E-state index contributed by atoms with van der Waals surface area (Å²) in [5.74, 6) is 3.38. The lowest BCUT2D eigenvalue weighted by Crippen LogP contribution is -2.25. The molecule has 0 heterocycles. The summed E-state index contributed by atoms with van der Waals surface area (Å²) in [5, 5.41) is 0. The molecule has 0 aromatic heterocycles. The molecule has 3 fully saturated rings. The third-order valence-electron chi connectivity index (χ3n) is 4.69. The van der Waals surface area contributed by atoms with Gasteiger partial charge in [0, 0.05) is 0 Å². The van der Waals surface area contributed by atoms with E-state index in [0.717, 1.165) is 23.2 Å². The number of hydrogen-bond acceptors (Lipinski definition) is 0. The molecule has 0 nitrogen and oxygen atoms in total. The first-order valence-corrected chi connectivity index (χ1v) is 5.31. The molecule has 3 saturated carbocycles. The predicted octanol–water partition coefficient (Wildman–Crippen LogP) is 3.22. The molecule has 3 aliphatic rings. The molecule has 0 amide bonds. The smallest absolute Gasteiger partial charge is 0.0240 e. The highest BCUT2D eigenvalue weighted by molar-refractivity contribution is 5.09. The summed E-state index contributed by atoms with van der Waals surface area (Å²) >= 11 is 0. The van der Waals surface area contributed by atoms with Gasteiger partial charge in [-0.15, -0.1) is 0 Å². The lowest BCUT2D eigenvalue weighted by molar-refractivity contribution is 0.157. The van der Waals surface area contributed by atoms with E-state index in [9.17, 15) is 0 Å². The van der Waals surface area contributed by atoms with Crippen LogP contribution in [-0.2, 0) is 0 Å². The van der Waals surface area contributed by atoms with Gasteiger partial charge in [-0.05, 0) is 61.7 Å². The van der Waals surface area contributed by atoms with Gasteiger partial charge in [0.1, 0.15) is 0 Å². The van der Waals surface area contributed by atoms with Gasteiger partial charge in [0.25, 0.3) is 0 Å². The van der Waals surface area contributed by atoms with Gasteiger partial charge in [0.05, 0.1) is 0 Å². The van der Waals surface area contributed by atoms with Crippen LogP contribution < -0.4 is 0 Å². The monoisotopic (exact) mass is 150 g/mol. The van der Waals surface area contributed by atoms with E-state index < -0.39 is 0 Å². The maximum absolute atomic E-state index is 2.46. The Balaban J connectivity index is 1.91. The van der Waals surface area contributed by atoms with Gasteiger partial charge in [0.15, 0.2) is 0 Å². The van der Waals surface area contributed by atoms with Gasteiger partial charge < -0.3 is 0 Å². The third kappa shape index (κ3) is 0.711. The maximum Gasteiger partial charge on any atom is -0.0240 e. The summed E-state index contributed by atoms with van der Waals surface area (Å²) in [6.45, 7) is 2.46. The van der Waals surface area contributed by atoms with Gasteiger partial charge in [-0.2, -0.15) is 0 Å². The highest BCUT2D eigenvalue weighted by Crippen LogP contribution is 2.69. The van der Waals surface area contributed by atoms with Crippen molar-refractivity contribution in [2.75, 3.05) is 0 Å². The fraction of sp³-hybridized carbons (Fsp3) is 1.00. The summed E-state index contributed by atoms with van der Waals surface area (Å²) in [6, 6.07) is 0. The molecular formula is C11H18. The first-order valence-electron chi connectivity index (χ1n) is 5.31. The molecule has 62 valence electrons. The lowest BCUT2D eigenvalue weighted by atomic mass is 9.71. The lowest BCUT2D eigenvalue weighted by Gasteiger charge is -2.34. The number of rotatable bonds is 0. The highest BCUT2D eigenvalue weighted by atomic mass is 14.6. The molecule has 0 heteroatoms. The van der Waals surface area contributed by atoms with Crippen LogP contribution in [0, 0.1) is 23.2 Å². The van der Waals surface area contributed by atoms with Crippen LogP contribution in [0.2, 0.25) is 0 Å². The average molecular weight is 150 g/mol. The SMILES string of the molecule is CC1CC2CCC(C1)C21CC1. The molecule has 0 radical (unpaired) electrons. The summed E-state index contributed by atoms with van der Waals surface area (Å²) in [4.78, 5) is 0. The molecule has 2 unspecified atom stereocenters. The first-order chi connectivity index (χ1) is 5.31. The Morgan fingerprint density at radius 3 is 2.00 bits per heavy atom. The van der Waals surface area contributed by atoms with Crippen LogP contribution in [0.25, 0.3) is 0 Å². The van der Waals surface area contributed by atoms with Gasteiger partial charge in [-0.25, -0.2) is 0 Å². The van der Waals surface area contributed by atoms with Gasteiger partial charge in [-0.1, -0.05) is 6.92 Å². The zero-order valence-corrected chi connectivity index (χ0v) is 7.47. The number of hydrogen-bond donors (Lipinski definition) is 0. The molecule has 1 spiro atoms. The Kier molecular flexibility index (Phi) is 1.09. The van der Waals surface area contributed by atoms with Crippen LogP contribution in [0.15, 0.2) is 0 Å². The van der Waals surface area contributed by atoms with Gasteiger partial charge >= 0.3 is 0 Å². The van der Waals surface area contributed by atoms with E-state index in [2.05, 4.69) is 6.92 Å². The second kappa shape index (κ2) is 1.84. The van der Waals surface area contributed by atoms with Crippen molar-refractivity contribution in [1.29, 1.82) is 0 Å². The molecule has 3 aliphatic carbocycles. The van der Waals surface area contributed by atoms with Gasteiger partial charge in [-0.3, -0.25) is 0 Å². The fourth-order valence-corrected chi connectivity index (χ4v) is 4.04. The van der Waals surface area contributed by atoms with E-state index >= 15 is 0 Å². The average Bonchev–Trinajstić information content (AvgIpc) is 2.66. The van der Waals surface area contributed by atoms with Crippen LogP contribution >= 0.6 is 0 Å². The van der Waals surface area contributed by atoms with E-state index in [1.807, 2.05) is 0 Å². The van der Waals surface area contributed by atoms with E-state index in [1.165, 1.54) is 0 Å². The van der Waals surface area contributed by atoms with Crippen molar-refractivity contribution < 1.29 is 0 Å². The normalized spacial score (nSPS) is 51.5. The summed E-state index contributed by atoms with van der Waals surface area (Å²) in [7, 11) is 0. The van der Waals surface area contributed by atoms with E-state index in [0.29, 0.717) is 0 Å². The van der Waals surface area contributed by atoms with Crippen molar-refractivity contribution in [1.82, 2.24) is 0 Å². The Morgan fingerprint density at radius 2 is 1.55 bits per heavy atom. The van der Waals surface area contributed by atoms with E-state index in [1.54, 1.807) is 38.5 Å². The van der Waals surface area contributed by atoms with E-state index in [-0.39, 0.29) is 0 Å². The maximum atomic E-state index is 2.46. The van der Waals surface area contributed by atoms with Crippen molar-refractivity contribution in [3.63, 3.8) is 0 Å². The summed E-state index contributed by atoms with van der Waals surface area (Å²) in [6.07, 6.45) is 9.47. The molecule has 0 saturated heterocycles. The molecular weight excluding hydrogens is 132 g/mol. The predicted molar refractivity (Wildman–Crippen MR) is 46.3 cm³/mol. The third-order valence-corrected chi connectivity index (χ3v) is 4.69. The minimum absolute atomic E-state index is 0.937. The standard InChI is InChI=1S/C11H18/c1-8-6-9-2-3-10(7-8)11(9)4-5-11/h8-10H,2-7H2,1H3. The minimum atomic E-state index is 0.937. The quantitative estimate of drug-likeness (QED) is 0.497. The zero-order chi connectivity index (χ0) is 7.47. The van der Waals surface area contributed by atoms with E-state index in [4.69, 9.17) is 0 Å². The minimum Gasteiger partial charge on any atom is -0.0625 e. The van der Waals surface area contributed by atoms with Gasteiger partial charge in [0.2, 0.25) is 0 Å². The summed E-state index contributed by atoms with van der Waals surface area (Å²) in [5.41, 5.74) is 0.937. The molecule has 0 aromatic rings. The first kappa shape index (κ1) is 6.51. The molecule has 3 rings (SSSR count). The molecule has 2 atom stereocenters. The Bertz CT molecular complexity index is 162. The van der Waals surface area contributed by atoms with Crippen molar-refractivity contribution in [3.05, 3.63) is 0 Å². The Hall–Kier alpha value is 0. The molecule has 0 aromatic carbocycles. The topological polar surface area (TPSA) is 0 Å². The fourth-order valence-electron chi connectivity index (χ4n) is 4.04. The molecule has 11 heavy (non-hydrogen) atoms. The van der Waals surface area contributed by atoms with Crippen LogP contribution in [0.4, 0.5) is 0 Å². The Morgan fingerprint density at radius 1 is 1.00 bits per heavy atom. The van der Waals surface area contributed by atoms with Crippen LogP contribution in [-0.4, -0.2) is 0 Å². The van der Waals surface area contributed by atoms with Crippen molar-refractivity contribution in [2.24, 2.45) is 23.2 Å². The molecule has 2 bridgehead atoms. The second-order valence-electron chi connectivity index (χ2n) is 5.28. The molecule has 0 aliphatic heterocycles. The highest BCUT2D eigenvalue weighted by Gasteiger charge is 2.59. The second-order valence-corrected chi connectivity index (χ2v) is 5.28. The largest absolute Gasteiger partial charge is 0.0625 e. The van der Waals surface area contributed by atoms with Crippen molar-refractivity contribution in [2.45, 2.75) is 45.4 Å².